The summed E-state index contributed by atoms with van der Waals surface area (Å²) in [5.74, 6) is 0. The molecular weight excluding hydrogens is 221 g/mol. The van der Waals surface area contributed by atoms with E-state index in [-0.39, 0.29) is 14.1 Å². The highest BCUT2D eigenvalue weighted by Crippen LogP contribution is 1.95. The lowest BCUT2D eigenvalue weighted by Gasteiger charge is -2.17. The van der Waals surface area contributed by atoms with Gasteiger partial charge in [0.1, 0.15) is 0 Å². The van der Waals surface area contributed by atoms with Crippen LogP contribution in [-0.2, 0) is 4.84 Å². The Morgan fingerprint density at radius 2 is 1.38 bits per heavy atom. The molecule has 104 valence electrons. The van der Waals surface area contributed by atoms with Crippen molar-refractivity contribution >= 4 is 0 Å². The molecule has 3 nitrogen and oxygen atoms in total. The fraction of sp³-hybridized carbons (Fsp3) is 1.00. The highest BCUT2D eigenvalue weighted by atomic mass is 19.0. The lowest BCUT2D eigenvalue weighted by molar-refractivity contribution is -0.120. The molecule has 0 spiro atoms. The van der Waals surface area contributed by atoms with Crippen molar-refractivity contribution in [2.45, 2.75) is 26.7 Å². The topological polar surface area (TPSA) is 15.7 Å². The second-order valence-corrected chi connectivity index (χ2v) is 3.38. The monoisotopic (exact) mass is 248 g/mol. The van der Waals surface area contributed by atoms with E-state index in [0.717, 1.165) is 26.1 Å². The number of unbranched alkanes of at least 4 members (excludes halogenated alkanes) is 1. The normalized spacial score (nSPS) is 9.38. The second kappa shape index (κ2) is 17.1. The van der Waals surface area contributed by atoms with Gasteiger partial charge in [-0.2, -0.15) is 5.06 Å². The van der Waals surface area contributed by atoms with Crippen LogP contribution in [0.2, 0.25) is 0 Å². The first kappa shape index (κ1) is 24.8. The van der Waals surface area contributed by atoms with E-state index in [1.165, 1.54) is 13.0 Å². The standard InChI is InChI=1S/C10H24N2O.3FH/c1-5-12(6-2)9-7-8-10-13-11(3)4;;;/h5-10H2,1-4H3;3*1H. The SMILES string of the molecule is CCN(CC)CCCCON(C)C.F.F.F. The molecule has 0 N–H and O–H groups in total. The maximum Gasteiger partial charge on any atom is 0.0685 e. The van der Waals surface area contributed by atoms with E-state index in [2.05, 4.69) is 18.7 Å². The Labute approximate surface area is 96.8 Å². The minimum Gasteiger partial charge on any atom is -0.304 e. The Morgan fingerprint density at radius 3 is 1.75 bits per heavy atom. The molecule has 0 rings (SSSR count). The summed E-state index contributed by atoms with van der Waals surface area (Å²) in [7, 11) is 3.84. The predicted molar refractivity (Wildman–Crippen MR) is 64.2 cm³/mol. The van der Waals surface area contributed by atoms with E-state index in [1.807, 2.05) is 14.1 Å². The van der Waals surface area contributed by atoms with E-state index in [9.17, 15) is 0 Å². The van der Waals surface area contributed by atoms with Crippen molar-refractivity contribution in [1.82, 2.24) is 9.96 Å². The third-order valence-electron chi connectivity index (χ3n) is 2.11. The number of rotatable bonds is 8. The molecule has 0 unspecified atom stereocenters. The van der Waals surface area contributed by atoms with E-state index in [0.29, 0.717) is 0 Å². The molecule has 0 aromatic heterocycles. The summed E-state index contributed by atoms with van der Waals surface area (Å²) in [6, 6.07) is 0. The number of halogens is 3. The van der Waals surface area contributed by atoms with Crippen LogP contribution in [0.3, 0.4) is 0 Å². The minimum atomic E-state index is 0. The lowest BCUT2D eigenvalue weighted by Crippen LogP contribution is -2.24. The molecule has 0 radical (unpaired) electrons. The van der Waals surface area contributed by atoms with Crippen LogP contribution in [0, 0.1) is 0 Å². The molecule has 0 aromatic rings. The van der Waals surface area contributed by atoms with Gasteiger partial charge in [-0.1, -0.05) is 13.8 Å². The van der Waals surface area contributed by atoms with Crippen LogP contribution in [0.1, 0.15) is 26.7 Å². The van der Waals surface area contributed by atoms with E-state index in [1.54, 1.807) is 5.06 Å². The van der Waals surface area contributed by atoms with E-state index in [4.69, 9.17) is 4.84 Å². The van der Waals surface area contributed by atoms with Crippen LogP contribution in [0.15, 0.2) is 0 Å². The first-order valence-electron chi connectivity index (χ1n) is 5.23. The molecule has 0 heterocycles. The van der Waals surface area contributed by atoms with E-state index >= 15 is 0 Å². The Morgan fingerprint density at radius 1 is 0.875 bits per heavy atom. The van der Waals surface area contributed by atoms with Crippen LogP contribution in [0.25, 0.3) is 0 Å². The molecule has 0 aliphatic heterocycles. The zero-order chi connectivity index (χ0) is 10.1. The minimum absolute atomic E-state index is 0. The summed E-state index contributed by atoms with van der Waals surface area (Å²) in [6.07, 6.45) is 2.38. The molecule has 0 saturated carbocycles. The van der Waals surface area contributed by atoms with Gasteiger partial charge in [-0.05, 0) is 32.5 Å². The molecule has 16 heavy (non-hydrogen) atoms. The fourth-order valence-electron chi connectivity index (χ4n) is 1.22. The van der Waals surface area contributed by atoms with Gasteiger partial charge < -0.3 is 4.90 Å². The first-order valence-corrected chi connectivity index (χ1v) is 5.23. The van der Waals surface area contributed by atoms with Crippen molar-refractivity contribution in [3.8, 4) is 0 Å². The van der Waals surface area contributed by atoms with Crippen molar-refractivity contribution in [3.63, 3.8) is 0 Å². The summed E-state index contributed by atoms with van der Waals surface area (Å²) in [6.45, 7) is 8.77. The van der Waals surface area contributed by atoms with Crippen LogP contribution in [0.4, 0.5) is 14.1 Å². The highest BCUT2D eigenvalue weighted by molar-refractivity contribution is 4.51. The molecular formula is C10H27F3N2O. The first-order chi connectivity index (χ1) is 6.20. The summed E-state index contributed by atoms with van der Waals surface area (Å²) in [4.78, 5) is 7.75. The molecule has 0 fully saturated rings. The average Bonchev–Trinajstić information content (AvgIpc) is 2.11. The summed E-state index contributed by atoms with van der Waals surface area (Å²) >= 11 is 0. The van der Waals surface area contributed by atoms with Crippen molar-refractivity contribution in [3.05, 3.63) is 0 Å². The van der Waals surface area contributed by atoms with Gasteiger partial charge in [0.15, 0.2) is 0 Å². The van der Waals surface area contributed by atoms with Crippen molar-refractivity contribution in [1.29, 1.82) is 0 Å². The van der Waals surface area contributed by atoms with Crippen molar-refractivity contribution in [2.24, 2.45) is 0 Å². The number of hydrogen-bond acceptors (Lipinski definition) is 3. The average molecular weight is 248 g/mol. The highest BCUT2D eigenvalue weighted by Gasteiger charge is 1.98. The van der Waals surface area contributed by atoms with Gasteiger partial charge in [0.25, 0.3) is 0 Å². The van der Waals surface area contributed by atoms with Crippen molar-refractivity contribution in [2.75, 3.05) is 40.3 Å². The van der Waals surface area contributed by atoms with Crippen LogP contribution in [0.5, 0.6) is 0 Å². The van der Waals surface area contributed by atoms with Crippen LogP contribution >= 0.6 is 0 Å². The largest absolute Gasteiger partial charge is 0.304 e. The Balaban J connectivity index is -0.000000240. The maximum atomic E-state index is 5.31. The van der Waals surface area contributed by atoms with Gasteiger partial charge in [0.05, 0.1) is 6.61 Å². The second-order valence-electron chi connectivity index (χ2n) is 3.38. The third kappa shape index (κ3) is 16.1. The summed E-state index contributed by atoms with van der Waals surface area (Å²) in [5.41, 5.74) is 0. The quantitative estimate of drug-likeness (QED) is 0.483. The molecule has 0 amide bonds. The molecule has 0 aliphatic rings. The maximum absolute atomic E-state index is 5.31. The number of hydrogen-bond donors (Lipinski definition) is 0. The van der Waals surface area contributed by atoms with Gasteiger partial charge in [0.2, 0.25) is 0 Å². The molecule has 0 bridgehead atoms. The van der Waals surface area contributed by atoms with Gasteiger partial charge in [0, 0.05) is 14.1 Å². The Kier molecular flexibility index (Phi) is 26.4. The number of nitrogens with zero attached hydrogens (tertiary/aromatic N) is 2. The molecule has 0 aromatic carbocycles. The van der Waals surface area contributed by atoms with E-state index < -0.39 is 0 Å². The molecule has 6 heteroatoms. The predicted octanol–water partition coefficient (Wildman–Crippen LogP) is 2.06. The zero-order valence-corrected chi connectivity index (χ0v) is 10.8. The third-order valence-corrected chi connectivity index (χ3v) is 2.11. The van der Waals surface area contributed by atoms with Gasteiger partial charge in [-0.3, -0.25) is 19.0 Å². The zero-order valence-electron chi connectivity index (χ0n) is 10.8. The molecule has 0 saturated heterocycles. The number of hydroxylamine groups is 2. The van der Waals surface area contributed by atoms with Gasteiger partial charge >= 0.3 is 0 Å². The van der Waals surface area contributed by atoms with Gasteiger partial charge in [-0.15, -0.1) is 0 Å². The Bertz CT molecular complexity index is 114. The molecule has 0 aliphatic carbocycles. The molecule has 0 atom stereocenters. The van der Waals surface area contributed by atoms with Crippen LogP contribution in [-0.4, -0.2) is 50.3 Å². The Hall–Kier alpha value is -0.330. The smallest absolute Gasteiger partial charge is 0.0685 e. The lowest BCUT2D eigenvalue weighted by atomic mass is 10.3. The van der Waals surface area contributed by atoms with Crippen molar-refractivity contribution < 1.29 is 19.0 Å². The van der Waals surface area contributed by atoms with Crippen LogP contribution < -0.4 is 0 Å². The fourth-order valence-corrected chi connectivity index (χ4v) is 1.22. The van der Waals surface area contributed by atoms with Gasteiger partial charge in [-0.25, -0.2) is 0 Å². The summed E-state index contributed by atoms with van der Waals surface area (Å²) < 4.78 is 0. The summed E-state index contributed by atoms with van der Waals surface area (Å²) in [5, 5.41) is 1.76.